The Labute approximate surface area is 202 Å². The summed E-state index contributed by atoms with van der Waals surface area (Å²) in [4.78, 5) is 35.9. The van der Waals surface area contributed by atoms with E-state index in [-0.39, 0.29) is 17.9 Å². The number of likely N-dealkylation sites (tertiary alicyclic amines) is 1. The molecule has 1 aliphatic carbocycles. The van der Waals surface area contributed by atoms with E-state index >= 15 is 0 Å². The average Bonchev–Trinajstić information content (AvgIpc) is 3.61. The number of rotatable bonds is 8. The Kier molecular flexibility index (Phi) is 7.36. The summed E-state index contributed by atoms with van der Waals surface area (Å²) in [7, 11) is 1.63. The van der Waals surface area contributed by atoms with E-state index in [4.69, 9.17) is 14.3 Å². The Bertz CT molecular complexity index is 938. The van der Waals surface area contributed by atoms with Crippen LogP contribution in [0, 0.1) is 0 Å². The molecular formula is C26H37N3O5. The smallest absolute Gasteiger partial charge is 0.262 e. The van der Waals surface area contributed by atoms with Gasteiger partial charge in [0.15, 0.2) is 17.1 Å². The molecule has 2 fully saturated rings. The van der Waals surface area contributed by atoms with Gasteiger partial charge >= 0.3 is 0 Å². The van der Waals surface area contributed by atoms with Gasteiger partial charge in [-0.3, -0.25) is 19.9 Å². The first kappa shape index (κ1) is 24.4. The Morgan fingerprint density at radius 2 is 1.88 bits per heavy atom. The Hall–Kier alpha value is -2.74. The van der Waals surface area contributed by atoms with Gasteiger partial charge in [0, 0.05) is 25.2 Å². The van der Waals surface area contributed by atoms with E-state index in [9.17, 15) is 9.59 Å². The van der Waals surface area contributed by atoms with E-state index in [2.05, 4.69) is 5.48 Å². The molecule has 0 radical (unpaired) electrons. The molecule has 1 saturated carbocycles. The number of ether oxygens (including phenoxy) is 2. The van der Waals surface area contributed by atoms with Crippen molar-refractivity contribution < 1.29 is 23.9 Å². The zero-order chi connectivity index (χ0) is 24.3. The van der Waals surface area contributed by atoms with Crippen LogP contribution in [0.5, 0.6) is 11.5 Å². The van der Waals surface area contributed by atoms with Gasteiger partial charge in [0.2, 0.25) is 5.91 Å². The van der Waals surface area contributed by atoms with Gasteiger partial charge in [-0.05, 0) is 83.6 Å². The molecule has 0 bridgehead atoms. The van der Waals surface area contributed by atoms with Crippen molar-refractivity contribution in [2.24, 2.45) is 0 Å². The molecule has 0 spiro atoms. The second-order valence-electron chi connectivity index (χ2n) is 9.43. The van der Waals surface area contributed by atoms with Crippen molar-refractivity contribution in [2.45, 2.75) is 77.0 Å². The Balaban J connectivity index is 1.54. The third kappa shape index (κ3) is 4.73. The van der Waals surface area contributed by atoms with Crippen LogP contribution in [0.4, 0.5) is 0 Å². The van der Waals surface area contributed by atoms with Gasteiger partial charge in [-0.1, -0.05) is 0 Å². The second kappa shape index (κ2) is 10.3. The number of carbonyl (C=O) groups excluding carboxylic acids is 2. The molecule has 1 aromatic rings. The van der Waals surface area contributed by atoms with Gasteiger partial charge in [0.25, 0.3) is 5.91 Å². The fraction of sp³-hybridized carbons (Fsp3) is 0.615. The molecule has 1 saturated heterocycles. The number of hydrogen-bond acceptors (Lipinski definition) is 6. The number of nitrogens with zero attached hydrogens (tertiary/aromatic N) is 2. The molecule has 2 atom stereocenters. The van der Waals surface area contributed by atoms with E-state index in [0.717, 1.165) is 24.8 Å². The summed E-state index contributed by atoms with van der Waals surface area (Å²) in [5, 5.41) is 0. The molecule has 34 heavy (non-hydrogen) atoms. The lowest BCUT2D eigenvalue weighted by atomic mass is 10.0. The quantitative estimate of drug-likeness (QED) is 0.625. The van der Waals surface area contributed by atoms with E-state index in [1.165, 1.54) is 12.8 Å². The summed E-state index contributed by atoms with van der Waals surface area (Å²) in [5.41, 5.74) is 3.28. The van der Waals surface area contributed by atoms with Crippen LogP contribution in [-0.2, 0) is 14.4 Å². The molecule has 4 rings (SSSR count). The maximum atomic E-state index is 13.6. The van der Waals surface area contributed by atoms with Crippen LogP contribution in [0.15, 0.2) is 24.3 Å². The van der Waals surface area contributed by atoms with Gasteiger partial charge in [-0.2, -0.15) is 0 Å². The van der Waals surface area contributed by atoms with Crippen LogP contribution < -0.4 is 15.0 Å². The van der Waals surface area contributed by atoms with Crippen LogP contribution in [0.2, 0.25) is 0 Å². The maximum Gasteiger partial charge on any atom is 0.262 e. The molecule has 3 aliphatic rings. The standard InChI is InChI=1S/C26H37N3O5/c1-5-28(6-2)24(30)21-12-9-15-29(21)25(31)26(3)17-20(27-34-26)18-13-14-22(32-4)23(16-18)33-19-10-7-8-11-19/h13-14,16-17,19,21,27H,5-12,15H2,1-4H3. The van der Waals surface area contributed by atoms with E-state index < -0.39 is 11.6 Å². The summed E-state index contributed by atoms with van der Waals surface area (Å²) >= 11 is 0. The SMILES string of the molecule is CCN(CC)C(=O)C1CCCN1C(=O)C1(C)C=C(c2ccc(OC)c(OC3CCCC3)c2)NO1. The second-order valence-corrected chi connectivity index (χ2v) is 9.43. The number of likely N-dealkylation sites (N-methyl/N-ethyl adjacent to an activating group) is 1. The van der Waals surface area contributed by atoms with Crippen LogP contribution in [0.25, 0.3) is 5.70 Å². The number of carbonyl (C=O) groups is 2. The lowest BCUT2D eigenvalue weighted by Crippen LogP contribution is -2.53. The van der Waals surface area contributed by atoms with Gasteiger partial charge in [0.05, 0.1) is 18.9 Å². The van der Waals surface area contributed by atoms with E-state index in [1.54, 1.807) is 29.9 Å². The largest absolute Gasteiger partial charge is 0.493 e. The summed E-state index contributed by atoms with van der Waals surface area (Å²) in [6.07, 6.45) is 7.96. The highest BCUT2D eigenvalue weighted by molar-refractivity contribution is 5.95. The van der Waals surface area contributed by atoms with Crippen molar-refractivity contribution in [3.8, 4) is 11.5 Å². The van der Waals surface area contributed by atoms with Crippen LogP contribution in [0.1, 0.15) is 64.9 Å². The van der Waals surface area contributed by atoms with Crippen molar-refractivity contribution >= 4 is 17.5 Å². The first-order valence-electron chi connectivity index (χ1n) is 12.5. The summed E-state index contributed by atoms with van der Waals surface area (Å²) in [6, 6.07) is 5.29. The fourth-order valence-corrected chi connectivity index (χ4v) is 5.16. The third-order valence-electron chi connectivity index (χ3n) is 7.16. The third-order valence-corrected chi connectivity index (χ3v) is 7.16. The molecule has 2 heterocycles. The van der Waals surface area contributed by atoms with Gasteiger partial charge < -0.3 is 19.3 Å². The average molecular weight is 472 g/mol. The van der Waals surface area contributed by atoms with Crippen molar-refractivity contribution in [1.82, 2.24) is 15.3 Å². The van der Waals surface area contributed by atoms with Crippen LogP contribution in [0.3, 0.4) is 0 Å². The first-order chi connectivity index (χ1) is 16.4. The van der Waals surface area contributed by atoms with Crippen LogP contribution >= 0.6 is 0 Å². The highest BCUT2D eigenvalue weighted by Gasteiger charge is 2.46. The summed E-state index contributed by atoms with van der Waals surface area (Å²) in [6.45, 7) is 7.49. The molecular weight excluding hydrogens is 434 g/mol. The highest BCUT2D eigenvalue weighted by atomic mass is 16.7. The van der Waals surface area contributed by atoms with E-state index in [0.29, 0.717) is 43.3 Å². The number of hydrogen-bond donors (Lipinski definition) is 1. The predicted molar refractivity (Wildman–Crippen MR) is 129 cm³/mol. The minimum absolute atomic E-state index is 0.0125. The molecule has 0 aromatic heterocycles. The van der Waals surface area contributed by atoms with Crippen molar-refractivity contribution in [3.05, 3.63) is 29.8 Å². The van der Waals surface area contributed by atoms with Gasteiger partial charge in [-0.25, -0.2) is 0 Å². The topological polar surface area (TPSA) is 80.3 Å². The van der Waals surface area contributed by atoms with Gasteiger partial charge in [0.1, 0.15) is 6.04 Å². The molecule has 2 amide bonds. The minimum Gasteiger partial charge on any atom is -0.493 e. The van der Waals surface area contributed by atoms with Crippen molar-refractivity contribution in [1.29, 1.82) is 0 Å². The molecule has 186 valence electrons. The van der Waals surface area contributed by atoms with Crippen molar-refractivity contribution in [2.75, 3.05) is 26.7 Å². The Morgan fingerprint density at radius 1 is 1.15 bits per heavy atom. The normalized spacial score (nSPS) is 24.6. The zero-order valence-corrected chi connectivity index (χ0v) is 20.8. The number of benzene rings is 1. The van der Waals surface area contributed by atoms with Crippen molar-refractivity contribution in [3.63, 3.8) is 0 Å². The summed E-state index contributed by atoms with van der Waals surface area (Å²) in [5.74, 6) is 1.19. The maximum absolute atomic E-state index is 13.6. The molecule has 2 unspecified atom stereocenters. The summed E-state index contributed by atoms with van der Waals surface area (Å²) < 4.78 is 11.7. The number of amides is 2. The fourth-order valence-electron chi connectivity index (χ4n) is 5.16. The number of hydroxylamine groups is 1. The van der Waals surface area contributed by atoms with Gasteiger partial charge in [-0.15, -0.1) is 0 Å². The van der Waals surface area contributed by atoms with Crippen LogP contribution in [-0.4, -0.2) is 66.1 Å². The zero-order valence-electron chi connectivity index (χ0n) is 20.8. The molecule has 8 nitrogen and oxygen atoms in total. The monoisotopic (exact) mass is 471 g/mol. The van der Waals surface area contributed by atoms with E-state index in [1.807, 2.05) is 32.0 Å². The lowest BCUT2D eigenvalue weighted by Gasteiger charge is -2.32. The highest BCUT2D eigenvalue weighted by Crippen LogP contribution is 2.36. The molecule has 8 heteroatoms. The Morgan fingerprint density at radius 3 is 2.56 bits per heavy atom. The molecule has 1 N–H and O–H groups in total. The molecule has 1 aromatic carbocycles. The predicted octanol–water partition coefficient (Wildman–Crippen LogP) is 3.51. The lowest BCUT2D eigenvalue weighted by molar-refractivity contribution is -0.157. The first-order valence-corrected chi connectivity index (χ1v) is 12.5. The minimum atomic E-state index is -1.20. The molecule has 2 aliphatic heterocycles. The number of methoxy groups -OCH3 is 1. The number of nitrogens with one attached hydrogen (secondary N) is 1.